The predicted molar refractivity (Wildman–Crippen MR) is 169 cm³/mol. The molecule has 0 radical (unpaired) electrons. The Bertz CT molecular complexity index is 1470. The smallest absolute Gasteiger partial charge is 0.394 e. The zero-order valence-corrected chi connectivity index (χ0v) is 27.0. The summed E-state index contributed by atoms with van der Waals surface area (Å²) < 4.78 is 48.9. The first-order chi connectivity index (χ1) is 21.5. The van der Waals surface area contributed by atoms with Crippen LogP contribution in [-0.2, 0) is 0 Å². The number of aromatic nitrogens is 4. The molecule has 5 rings (SSSR count). The van der Waals surface area contributed by atoms with E-state index in [0.717, 1.165) is 37.3 Å². The third-order valence-electron chi connectivity index (χ3n) is 8.59. The fourth-order valence-corrected chi connectivity index (χ4v) is 6.69. The highest BCUT2D eigenvalue weighted by molar-refractivity contribution is 7.97. The Balaban J connectivity index is 1.06. The predicted octanol–water partition coefficient (Wildman–Crippen LogP) is 7.22. The molecule has 4 heterocycles. The van der Waals surface area contributed by atoms with E-state index in [4.69, 9.17) is 16.3 Å². The monoisotopic (exact) mass is 665 g/mol. The van der Waals surface area contributed by atoms with E-state index < -0.39 is 17.5 Å². The lowest BCUT2D eigenvalue weighted by molar-refractivity contribution is -0.190. The van der Waals surface area contributed by atoms with Crippen LogP contribution in [0.3, 0.4) is 0 Å². The number of hydrogen-bond acceptors (Lipinski definition) is 8. The Labute approximate surface area is 270 Å². The number of hydrogen-bond donors (Lipinski definition) is 3. The maximum Gasteiger partial charge on any atom is 0.394 e. The maximum absolute atomic E-state index is 13.1. The van der Waals surface area contributed by atoms with Gasteiger partial charge in [0.1, 0.15) is 16.0 Å². The second-order valence-corrected chi connectivity index (χ2v) is 13.4. The molecule has 9 nitrogen and oxygen atoms in total. The normalized spacial score (nSPS) is 20.6. The van der Waals surface area contributed by atoms with Crippen LogP contribution in [0.4, 0.5) is 19.0 Å². The number of nitrogens with zero attached hydrogens (tertiary/aromatic N) is 4. The highest BCUT2D eigenvalue weighted by atomic mass is 35.5. The number of carbonyl (C=O) groups excluding carboxylic acids is 1. The van der Waals surface area contributed by atoms with Gasteiger partial charge in [-0.1, -0.05) is 31.0 Å². The van der Waals surface area contributed by atoms with Crippen molar-refractivity contribution in [2.75, 3.05) is 25.0 Å². The number of anilines is 1. The van der Waals surface area contributed by atoms with Crippen LogP contribution >= 0.6 is 23.5 Å². The van der Waals surface area contributed by atoms with Crippen LogP contribution < -0.4 is 20.1 Å². The molecule has 2 unspecified atom stereocenters. The van der Waals surface area contributed by atoms with Gasteiger partial charge in [-0.05, 0) is 88.6 Å². The number of pyridine rings is 2. The van der Waals surface area contributed by atoms with E-state index >= 15 is 0 Å². The van der Waals surface area contributed by atoms with E-state index in [1.165, 1.54) is 42.5 Å². The molecular weight excluding hydrogens is 627 g/mol. The van der Waals surface area contributed by atoms with Crippen LogP contribution in [0.1, 0.15) is 75.6 Å². The Morgan fingerprint density at radius 3 is 2.76 bits per heavy atom. The zero-order valence-electron chi connectivity index (χ0n) is 25.4. The van der Waals surface area contributed by atoms with Crippen LogP contribution in [-0.4, -0.2) is 57.1 Å². The van der Waals surface area contributed by atoms with Gasteiger partial charge in [0.15, 0.2) is 5.82 Å². The Morgan fingerprint density at radius 2 is 2.02 bits per heavy atom. The number of rotatable bonds is 15. The van der Waals surface area contributed by atoms with Crippen molar-refractivity contribution in [3.8, 4) is 11.7 Å². The molecule has 14 heteroatoms. The van der Waals surface area contributed by atoms with Crippen molar-refractivity contribution < 1.29 is 22.7 Å². The van der Waals surface area contributed by atoms with Gasteiger partial charge >= 0.3 is 6.18 Å². The van der Waals surface area contributed by atoms with E-state index in [-0.39, 0.29) is 48.0 Å². The minimum absolute atomic E-state index is 0.0275. The first kappa shape index (κ1) is 33.3. The van der Waals surface area contributed by atoms with Crippen molar-refractivity contribution in [1.29, 1.82) is 0 Å². The second kappa shape index (κ2) is 14.2. The van der Waals surface area contributed by atoms with Gasteiger partial charge in [-0.2, -0.15) is 13.2 Å². The fourth-order valence-electron chi connectivity index (χ4n) is 5.86. The molecule has 244 valence electrons. The van der Waals surface area contributed by atoms with Gasteiger partial charge in [0.25, 0.3) is 5.91 Å². The largest absolute Gasteiger partial charge is 0.477 e. The van der Waals surface area contributed by atoms with Crippen LogP contribution in [0.15, 0.2) is 47.6 Å². The number of halogens is 4. The molecule has 1 saturated carbocycles. The fraction of sp³-hybridized carbons (Fsp3) is 0.548. The highest BCUT2D eigenvalue weighted by Crippen LogP contribution is 2.59. The SMILES string of the molecule is CCCC1(C)CC(CCCNc2cccc(SNC(=O)c3ccc(-n4ccc(OCCC5(C(F)(F)F)CC5)n4)nc3Cl)n2)CN1. The molecule has 2 aliphatic rings. The van der Waals surface area contributed by atoms with Gasteiger partial charge in [0.2, 0.25) is 5.88 Å². The van der Waals surface area contributed by atoms with Gasteiger partial charge in [0.05, 0.1) is 17.6 Å². The summed E-state index contributed by atoms with van der Waals surface area (Å²) in [5.41, 5.74) is -1.18. The van der Waals surface area contributed by atoms with Gasteiger partial charge in [-0.15, -0.1) is 5.10 Å². The number of carbonyl (C=O) groups is 1. The summed E-state index contributed by atoms with van der Waals surface area (Å²) in [6.45, 7) is 6.38. The van der Waals surface area contributed by atoms with E-state index in [0.29, 0.717) is 16.8 Å². The van der Waals surface area contributed by atoms with Crippen molar-refractivity contribution in [2.45, 2.75) is 82.0 Å². The quantitative estimate of drug-likeness (QED) is 0.0888. The number of alkyl halides is 3. The molecule has 3 N–H and O–H groups in total. The van der Waals surface area contributed by atoms with Crippen molar-refractivity contribution in [3.05, 3.63) is 53.3 Å². The maximum atomic E-state index is 13.1. The third-order valence-corrected chi connectivity index (χ3v) is 9.60. The third kappa shape index (κ3) is 8.62. The van der Waals surface area contributed by atoms with Crippen molar-refractivity contribution >= 4 is 35.3 Å². The Kier molecular flexibility index (Phi) is 10.5. The zero-order chi connectivity index (χ0) is 32.1. The molecule has 1 aliphatic carbocycles. The summed E-state index contributed by atoms with van der Waals surface area (Å²) in [7, 11) is 0. The Morgan fingerprint density at radius 1 is 1.20 bits per heavy atom. The molecule has 0 aromatic carbocycles. The summed E-state index contributed by atoms with van der Waals surface area (Å²) in [4.78, 5) is 21.7. The summed E-state index contributed by atoms with van der Waals surface area (Å²) in [6.07, 6.45) is 3.35. The lowest BCUT2D eigenvalue weighted by Gasteiger charge is -2.23. The standard InChI is InChI=1S/C31H39ClF3N7O2S/c1-3-12-29(2)19-21(20-37-29)6-5-16-36-23-7-4-8-26(38-23)45-41-28(43)22-9-10-24(39-27(22)32)42-17-11-25(40-42)44-18-15-30(13-14-30)31(33,34)35/h4,7-11,17,21,37H,3,5-6,12-16,18-20H2,1-2H3,(H,36,38)(H,41,43). The summed E-state index contributed by atoms with van der Waals surface area (Å²) >= 11 is 7.41. The molecule has 45 heavy (non-hydrogen) atoms. The van der Waals surface area contributed by atoms with Crippen LogP contribution in [0, 0.1) is 11.3 Å². The van der Waals surface area contributed by atoms with Crippen LogP contribution in [0.25, 0.3) is 5.82 Å². The van der Waals surface area contributed by atoms with Crippen LogP contribution in [0.5, 0.6) is 5.88 Å². The molecule has 1 aliphatic heterocycles. The minimum atomic E-state index is -4.22. The number of nitrogens with one attached hydrogen (secondary N) is 3. The Hall–Kier alpha value is -3.03. The molecule has 0 spiro atoms. The molecule has 3 aromatic heterocycles. The number of amides is 1. The average Bonchev–Trinajstić information content (AvgIpc) is 3.51. The molecule has 2 fully saturated rings. The van der Waals surface area contributed by atoms with E-state index in [1.807, 2.05) is 18.2 Å². The van der Waals surface area contributed by atoms with Gasteiger partial charge < -0.3 is 15.4 Å². The lowest BCUT2D eigenvalue weighted by atomic mass is 9.89. The minimum Gasteiger partial charge on any atom is -0.477 e. The van der Waals surface area contributed by atoms with Gasteiger partial charge in [0, 0.05) is 36.3 Å². The molecule has 1 saturated heterocycles. The number of ether oxygens (including phenoxy) is 1. The molecule has 3 aromatic rings. The topological polar surface area (TPSA) is 106 Å². The molecule has 1 amide bonds. The summed E-state index contributed by atoms with van der Waals surface area (Å²) in [5.74, 6) is 1.51. The average molecular weight is 666 g/mol. The van der Waals surface area contributed by atoms with Crippen molar-refractivity contribution in [2.24, 2.45) is 11.3 Å². The highest BCUT2D eigenvalue weighted by Gasteiger charge is 2.62. The van der Waals surface area contributed by atoms with Crippen molar-refractivity contribution in [3.63, 3.8) is 0 Å². The summed E-state index contributed by atoms with van der Waals surface area (Å²) in [5, 5.41) is 11.9. The van der Waals surface area contributed by atoms with Crippen molar-refractivity contribution in [1.82, 2.24) is 29.8 Å². The van der Waals surface area contributed by atoms with E-state index in [9.17, 15) is 18.0 Å². The summed E-state index contributed by atoms with van der Waals surface area (Å²) in [6, 6.07) is 10.2. The van der Waals surface area contributed by atoms with E-state index in [1.54, 1.807) is 12.3 Å². The molecule has 0 bridgehead atoms. The molecule has 2 atom stereocenters. The van der Waals surface area contributed by atoms with Gasteiger partial charge in [-0.3, -0.25) is 9.52 Å². The second-order valence-electron chi connectivity index (χ2n) is 12.2. The lowest BCUT2D eigenvalue weighted by Crippen LogP contribution is -2.35. The van der Waals surface area contributed by atoms with Crippen LogP contribution in [0.2, 0.25) is 5.15 Å². The van der Waals surface area contributed by atoms with Gasteiger partial charge in [-0.25, -0.2) is 14.6 Å². The molecular formula is C31H39ClF3N7O2S. The first-order valence-electron chi connectivity index (χ1n) is 15.3. The first-order valence-corrected chi connectivity index (χ1v) is 16.5. The van der Waals surface area contributed by atoms with E-state index in [2.05, 4.69) is 44.3 Å².